The van der Waals surface area contributed by atoms with Crippen molar-refractivity contribution in [1.82, 2.24) is 20.3 Å². The Morgan fingerprint density at radius 1 is 1.23 bits per heavy atom. The van der Waals surface area contributed by atoms with E-state index in [4.69, 9.17) is 5.84 Å². The molecule has 0 saturated carbocycles. The summed E-state index contributed by atoms with van der Waals surface area (Å²) in [5.41, 5.74) is 0. The highest BCUT2D eigenvalue weighted by molar-refractivity contribution is 7.89. The maximum Gasteiger partial charge on any atom is 0.243 e. The van der Waals surface area contributed by atoms with E-state index >= 15 is 0 Å². The van der Waals surface area contributed by atoms with Crippen LogP contribution < -0.4 is 21.2 Å². The number of aliphatic hydroxyl groups is 1. The summed E-state index contributed by atoms with van der Waals surface area (Å²) in [6.07, 6.45) is 3.11. The van der Waals surface area contributed by atoms with Gasteiger partial charge in [0, 0.05) is 19.1 Å². The number of carbonyl (C=O) groups excluding carboxylic acids is 2. The Kier molecular flexibility index (Phi) is 9.01. The molecule has 6 N–H and O–H groups in total. The van der Waals surface area contributed by atoms with Crippen LogP contribution in [-0.2, 0) is 19.6 Å². The van der Waals surface area contributed by atoms with Gasteiger partial charge in [0.2, 0.25) is 21.8 Å². The summed E-state index contributed by atoms with van der Waals surface area (Å²) in [4.78, 5) is 27.1. The molecule has 190 valence electrons. The molecule has 0 radical (unpaired) electrons. The Labute approximate surface area is 204 Å². The minimum atomic E-state index is -4.06. The largest absolute Gasteiger partial charge is 0.394 e. The van der Waals surface area contributed by atoms with Crippen LogP contribution in [0.1, 0.15) is 26.2 Å². The smallest absolute Gasteiger partial charge is 0.243 e. The van der Waals surface area contributed by atoms with E-state index in [9.17, 15) is 23.1 Å². The molecule has 3 unspecified atom stereocenters. The van der Waals surface area contributed by atoms with Gasteiger partial charge in [-0.25, -0.2) is 8.42 Å². The van der Waals surface area contributed by atoms with E-state index in [-0.39, 0.29) is 23.4 Å². The Bertz CT molecular complexity index is 1170. The van der Waals surface area contributed by atoms with Gasteiger partial charge in [0.1, 0.15) is 18.4 Å². The average Bonchev–Trinajstić information content (AvgIpc) is 3.34. The lowest BCUT2D eigenvalue weighted by atomic mass is 10.1. The third kappa shape index (κ3) is 6.47. The van der Waals surface area contributed by atoms with Crippen molar-refractivity contribution < 1.29 is 23.1 Å². The SMILES string of the molecule is CCC(NC=NN)C(=O)NCC1CCCN1C(=O)C(CO)NS(=O)(=O)c1ccc2ccccc2c1. The molecule has 3 rings (SSSR count). The molecule has 35 heavy (non-hydrogen) atoms. The quantitative estimate of drug-likeness (QED) is 0.123. The van der Waals surface area contributed by atoms with E-state index in [0.29, 0.717) is 25.8 Å². The molecule has 12 heteroatoms. The molecule has 1 heterocycles. The van der Waals surface area contributed by atoms with Gasteiger partial charge in [-0.2, -0.15) is 9.82 Å². The number of amides is 2. The first-order chi connectivity index (χ1) is 16.8. The highest BCUT2D eigenvalue weighted by Crippen LogP contribution is 2.21. The third-order valence-electron chi connectivity index (χ3n) is 6.06. The number of hydrogen-bond acceptors (Lipinski definition) is 7. The van der Waals surface area contributed by atoms with Crippen LogP contribution in [-0.4, -0.2) is 74.4 Å². The number of nitrogens with zero attached hydrogens (tertiary/aromatic N) is 2. The minimum Gasteiger partial charge on any atom is -0.394 e. The second kappa shape index (κ2) is 12.0. The lowest BCUT2D eigenvalue weighted by Gasteiger charge is -2.29. The van der Waals surface area contributed by atoms with Crippen molar-refractivity contribution in [2.24, 2.45) is 10.9 Å². The summed E-state index contributed by atoms with van der Waals surface area (Å²) in [5, 5.41) is 20.4. The van der Waals surface area contributed by atoms with Crippen LogP contribution in [0.5, 0.6) is 0 Å². The zero-order chi connectivity index (χ0) is 25.4. The second-order valence-corrected chi connectivity index (χ2v) is 10.1. The molecule has 1 saturated heterocycles. The summed E-state index contributed by atoms with van der Waals surface area (Å²) in [7, 11) is -4.06. The number of rotatable bonds is 11. The zero-order valence-electron chi connectivity index (χ0n) is 19.6. The van der Waals surface area contributed by atoms with Crippen LogP contribution >= 0.6 is 0 Å². The molecule has 2 aromatic carbocycles. The fourth-order valence-corrected chi connectivity index (χ4v) is 5.36. The van der Waals surface area contributed by atoms with Crippen LogP contribution in [0.2, 0.25) is 0 Å². The van der Waals surface area contributed by atoms with Gasteiger partial charge < -0.3 is 26.5 Å². The van der Waals surface area contributed by atoms with Crippen LogP contribution in [0.4, 0.5) is 0 Å². The summed E-state index contributed by atoms with van der Waals surface area (Å²) in [5.74, 6) is 4.27. The van der Waals surface area contributed by atoms with E-state index in [1.807, 2.05) is 25.1 Å². The molecule has 0 aliphatic carbocycles. The predicted molar refractivity (Wildman–Crippen MR) is 133 cm³/mol. The number of likely N-dealkylation sites (tertiary alicyclic amines) is 1. The van der Waals surface area contributed by atoms with Gasteiger partial charge in [-0.05, 0) is 42.2 Å². The predicted octanol–water partition coefficient (Wildman–Crippen LogP) is -0.144. The molecule has 1 aliphatic rings. The van der Waals surface area contributed by atoms with Crippen molar-refractivity contribution in [2.75, 3.05) is 19.7 Å². The Morgan fingerprint density at radius 2 is 1.97 bits per heavy atom. The number of benzene rings is 2. The molecule has 3 atom stereocenters. The summed E-state index contributed by atoms with van der Waals surface area (Å²) < 4.78 is 28.3. The highest BCUT2D eigenvalue weighted by atomic mass is 32.2. The number of hydrazone groups is 1. The van der Waals surface area contributed by atoms with E-state index in [1.165, 1.54) is 23.4 Å². The molecule has 0 bridgehead atoms. The van der Waals surface area contributed by atoms with Crippen molar-refractivity contribution in [3.8, 4) is 0 Å². The first-order valence-corrected chi connectivity index (χ1v) is 13.0. The maximum atomic E-state index is 13.2. The Balaban J connectivity index is 1.66. The number of nitrogens with one attached hydrogen (secondary N) is 3. The normalized spacial score (nSPS) is 18.0. The van der Waals surface area contributed by atoms with Gasteiger partial charge >= 0.3 is 0 Å². The van der Waals surface area contributed by atoms with Gasteiger partial charge in [0.25, 0.3) is 0 Å². The molecular formula is C23H32N6O5S. The van der Waals surface area contributed by atoms with Gasteiger partial charge in [0.05, 0.1) is 11.5 Å². The van der Waals surface area contributed by atoms with E-state index < -0.39 is 34.6 Å². The minimum absolute atomic E-state index is 0.00631. The van der Waals surface area contributed by atoms with E-state index in [2.05, 4.69) is 20.5 Å². The molecule has 2 aromatic rings. The number of sulfonamides is 1. The second-order valence-electron chi connectivity index (χ2n) is 8.34. The Hall–Kier alpha value is -3.22. The molecule has 1 fully saturated rings. The van der Waals surface area contributed by atoms with Crippen molar-refractivity contribution in [2.45, 2.75) is 49.2 Å². The lowest BCUT2D eigenvalue weighted by molar-refractivity contribution is -0.135. The maximum absolute atomic E-state index is 13.2. The summed E-state index contributed by atoms with van der Waals surface area (Å²) >= 11 is 0. The first kappa shape index (κ1) is 26.4. The third-order valence-corrected chi connectivity index (χ3v) is 7.53. The Morgan fingerprint density at radius 3 is 2.66 bits per heavy atom. The van der Waals surface area contributed by atoms with Crippen molar-refractivity contribution in [3.05, 3.63) is 42.5 Å². The lowest BCUT2D eigenvalue weighted by Crippen LogP contribution is -2.54. The monoisotopic (exact) mass is 504 g/mol. The molecule has 0 spiro atoms. The zero-order valence-corrected chi connectivity index (χ0v) is 20.4. The van der Waals surface area contributed by atoms with Gasteiger partial charge in [-0.1, -0.05) is 37.3 Å². The summed E-state index contributed by atoms with van der Waals surface area (Å²) in [6, 6.07) is 9.84. The van der Waals surface area contributed by atoms with Crippen LogP contribution in [0.25, 0.3) is 10.8 Å². The first-order valence-electron chi connectivity index (χ1n) is 11.5. The van der Waals surface area contributed by atoms with Crippen LogP contribution in [0.15, 0.2) is 52.5 Å². The van der Waals surface area contributed by atoms with Gasteiger partial charge in [-0.15, -0.1) is 0 Å². The average molecular weight is 505 g/mol. The number of fused-ring (bicyclic) bond motifs is 1. The fourth-order valence-electron chi connectivity index (χ4n) is 4.15. The highest BCUT2D eigenvalue weighted by Gasteiger charge is 2.35. The number of aliphatic hydroxyl groups excluding tert-OH is 1. The molecular weight excluding hydrogens is 472 g/mol. The molecule has 0 aromatic heterocycles. The number of carbonyl (C=O) groups is 2. The molecule has 1 aliphatic heterocycles. The topological polar surface area (TPSA) is 166 Å². The van der Waals surface area contributed by atoms with Crippen LogP contribution in [0, 0.1) is 0 Å². The number of hydrogen-bond donors (Lipinski definition) is 5. The van der Waals surface area contributed by atoms with Crippen molar-refractivity contribution >= 4 is 38.9 Å². The van der Waals surface area contributed by atoms with Gasteiger partial charge in [0.15, 0.2) is 0 Å². The molecule has 11 nitrogen and oxygen atoms in total. The van der Waals surface area contributed by atoms with Crippen LogP contribution in [0.3, 0.4) is 0 Å². The standard InChI is InChI=1S/C23H32N6O5S/c1-2-20(26-15-27-24)22(31)25-13-18-8-5-11-29(18)23(32)21(14-30)28-35(33,34)19-10-9-16-6-3-4-7-17(16)12-19/h3-4,6-7,9-10,12,15,18,20-21,28,30H,2,5,8,11,13-14,24H2,1H3,(H,25,31)(H,26,27). The molecule has 2 amide bonds. The van der Waals surface area contributed by atoms with Crippen molar-refractivity contribution in [3.63, 3.8) is 0 Å². The van der Waals surface area contributed by atoms with Gasteiger partial charge in [-0.3, -0.25) is 9.59 Å². The van der Waals surface area contributed by atoms with Crippen molar-refractivity contribution in [1.29, 1.82) is 0 Å². The van der Waals surface area contributed by atoms with E-state index in [1.54, 1.807) is 12.1 Å². The number of nitrogens with two attached hydrogens (primary N) is 1. The summed E-state index contributed by atoms with van der Waals surface area (Å²) in [6.45, 7) is 1.75. The van der Waals surface area contributed by atoms with E-state index in [0.717, 1.165) is 10.8 Å². The fraction of sp³-hybridized carbons (Fsp3) is 0.435.